The van der Waals surface area contributed by atoms with Crippen LogP contribution in [0.3, 0.4) is 0 Å². The van der Waals surface area contributed by atoms with Gasteiger partial charge in [-0.1, -0.05) is 0 Å². The average Bonchev–Trinajstić information content (AvgIpc) is 2.58. The largest absolute Gasteiger partial charge is 0.398 e. The van der Waals surface area contributed by atoms with Crippen LogP contribution in [-0.4, -0.2) is 5.11 Å². The number of halogens is 1. The predicted octanol–water partition coefficient (Wildman–Crippen LogP) is 2.71. The van der Waals surface area contributed by atoms with Crippen molar-refractivity contribution in [2.75, 3.05) is 5.73 Å². The average molecular weight is 228 g/mol. The topological polar surface area (TPSA) is 46.2 Å². The Kier molecular flexibility index (Phi) is 2.63. The van der Waals surface area contributed by atoms with Crippen LogP contribution in [0.4, 0.5) is 5.69 Å². The Morgan fingerprint density at radius 1 is 1.36 bits per heavy atom. The highest BCUT2D eigenvalue weighted by molar-refractivity contribution is 7.19. The molecule has 0 saturated heterocycles. The molecule has 0 unspecified atom stereocenters. The Morgan fingerprint density at radius 3 is 2.79 bits per heavy atom. The van der Waals surface area contributed by atoms with Crippen molar-refractivity contribution in [1.29, 1.82) is 0 Å². The van der Waals surface area contributed by atoms with E-state index in [9.17, 15) is 0 Å². The van der Waals surface area contributed by atoms with Crippen LogP contribution in [0.5, 0.6) is 0 Å². The van der Waals surface area contributed by atoms with Gasteiger partial charge in [0.2, 0.25) is 0 Å². The monoisotopic (exact) mass is 227 g/mol. The molecule has 1 heterocycles. The van der Waals surface area contributed by atoms with Gasteiger partial charge in [-0.25, -0.2) is 0 Å². The highest BCUT2D eigenvalue weighted by atomic mass is 35.5. The van der Waals surface area contributed by atoms with Gasteiger partial charge in [-0.05, 0) is 29.1 Å². The normalized spacial score (nSPS) is 11.0. The van der Waals surface area contributed by atoms with Gasteiger partial charge in [0.25, 0.3) is 0 Å². The Bertz CT molecular complexity index is 466. The van der Waals surface area contributed by atoms with E-state index in [4.69, 9.17) is 22.4 Å². The number of hydrogen-bond acceptors (Lipinski definition) is 3. The fourth-order valence-electron chi connectivity index (χ4n) is 1.40. The van der Waals surface area contributed by atoms with Crippen LogP contribution < -0.4 is 5.73 Å². The lowest BCUT2D eigenvalue weighted by Crippen LogP contribution is -1.90. The molecule has 0 amide bonds. The van der Waals surface area contributed by atoms with Crippen molar-refractivity contribution in [3.8, 4) is 0 Å². The first kappa shape index (κ1) is 9.77. The Balaban J connectivity index is 2.64. The summed E-state index contributed by atoms with van der Waals surface area (Å²) in [7, 11) is 0. The van der Waals surface area contributed by atoms with Crippen molar-refractivity contribution < 1.29 is 5.11 Å². The maximum atomic E-state index is 8.99. The number of fused-ring (bicyclic) bond motifs is 1. The summed E-state index contributed by atoms with van der Waals surface area (Å²) in [6, 6.07) is 5.85. The van der Waals surface area contributed by atoms with Gasteiger partial charge in [0.05, 0.1) is 6.61 Å². The van der Waals surface area contributed by atoms with Crippen LogP contribution in [0, 0.1) is 0 Å². The standard InChI is InChI=1S/C10H10ClNOS/c11-4-7-3-10-6(2-9(7)12)1-8(5-13)14-10/h1-3,13H,4-5,12H2. The van der Waals surface area contributed by atoms with Crippen LogP contribution in [0.25, 0.3) is 10.1 Å². The Hall–Kier alpha value is -0.770. The summed E-state index contributed by atoms with van der Waals surface area (Å²) < 4.78 is 1.12. The summed E-state index contributed by atoms with van der Waals surface area (Å²) in [6.45, 7) is 0.0788. The Labute approximate surface area is 90.9 Å². The van der Waals surface area contributed by atoms with Crippen molar-refractivity contribution >= 4 is 38.7 Å². The highest BCUT2D eigenvalue weighted by Crippen LogP contribution is 2.30. The lowest BCUT2D eigenvalue weighted by Gasteiger charge is -2.00. The molecule has 0 bridgehead atoms. The summed E-state index contributed by atoms with van der Waals surface area (Å²) in [4.78, 5) is 0.950. The number of aliphatic hydroxyl groups is 1. The number of hydrogen-bond donors (Lipinski definition) is 2. The number of benzene rings is 1. The van der Waals surface area contributed by atoms with Gasteiger partial charge in [0.1, 0.15) is 0 Å². The molecule has 0 aliphatic rings. The zero-order chi connectivity index (χ0) is 10.1. The summed E-state index contributed by atoms with van der Waals surface area (Å²) in [5, 5.41) is 10.1. The van der Waals surface area contributed by atoms with E-state index in [-0.39, 0.29) is 6.61 Å². The van der Waals surface area contributed by atoms with Gasteiger partial charge >= 0.3 is 0 Å². The van der Waals surface area contributed by atoms with E-state index < -0.39 is 0 Å². The number of thiophene rings is 1. The van der Waals surface area contributed by atoms with E-state index >= 15 is 0 Å². The number of anilines is 1. The van der Waals surface area contributed by atoms with Crippen LogP contribution >= 0.6 is 22.9 Å². The van der Waals surface area contributed by atoms with E-state index in [1.807, 2.05) is 18.2 Å². The van der Waals surface area contributed by atoms with Gasteiger partial charge in [-0.2, -0.15) is 0 Å². The number of nitrogen functional groups attached to an aromatic ring is 1. The van der Waals surface area contributed by atoms with E-state index in [2.05, 4.69) is 0 Å². The molecule has 0 fully saturated rings. The molecule has 4 heteroatoms. The fraction of sp³-hybridized carbons (Fsp3) is 0.200. The smallest absolute Gasteiger partial charge is 0.0774 e. The molecule has 3 N–H and O–H groups in total. The summed E-state index contributed by atoms with van der Waals surface area (Å²) in [5.74, 6) is 0.425. The molecular formula is C10H10ClNOS. The van der Waals surface area contributed by atoms with Crippen molar-refractivity contribution in [2.24, 2.45) is 0 Å². The fourth-order valence-corrected chi connectivity index (χ4v) is 2.60. The van der Waals surface area contributed by atoms with E-state index in [1.165, 1.54) is 0 Å². The number of aliphatic hydroxyl groups excluding tert-OH is 1. The van der Waals surface area contributed by atoms with Crippen molar-refractivity contribution in [2.45, 2.75) is 12.5 Å². The van der Waals surface area contributed by atoms with Crippen molar-refractivity contribution in [3.63, 3.8) is 0 Å². The van der Waals surface area contributed by atoms with Gasteiger partial charge in [0, 0.05) is 21.1 Å². The maximum absolute atomic E-state index is 8.99. The minimum atomic E-state index is 0.0788. The number of rotatable bonds is 2. The number of nitrogens with two attached hydrogens (primary N) is 1. The zero-order valence-electron chi connectivity index (χ0n) is 7.46. The number of alkyl halides is 1. The molecule has 2 aromatic rings. The predicted molar refractivity (Wildman–Crippen MR) is 61.7 cm³/mol. The lowest BCUT2D eigenvalue weighted by atomic mass is 10.1. The van der Waals surface area contributed by atoms with Gasteiger partial charge in [-0.3, -0.25) is 0 Å². The van der Waals surface area contributed by atoms with Crippen LogP contribution in [0.15, 0.2) is 18.2 Å². The van der Waals surface area contributed by atoms with Crippen LogP contribution in [-0.2, 0) is 12.5 Å². The first-order valence-corrected chi connectivity index (χ1v) is 5.57. The van der Waals surface area contributed by atoms with Gasteiger partial charge in [0.15, 0.2) is 0 Å². The first-order valence-electron chi connectivity index (χ1n) is 4.22. The maximum Gasteiger partial charge on any atom is 0.0774 e. The molecule has 0 atom stereocenters. The molecule has 0 aliphatic heterocycles. The zero-order valence-corrected chi connectivity index (χ0v) is 9.03. The second-order valence-corrected chi connectivity index (χ2v) is 4.53. The third-order valence-electron chi connectivity index (χ3n) is 2.13. The molecule has 1 aromatic carbocycles. The van der Waals surface area contributed by atoms with Crippen LogP contribution in [0.2, 0.25) is 0 Å². The minimum absolute atomic E-state index is 0.0788. The Morgan fingerprint density at radius 2 is 2.14 bits per heavy atom. The first-order chi connectivity index (χ1) is 6.74. The summed E-state index contributed by atoms with van der Waals surface area (Å²) in [6.07, 6.45) is 0. The molecule has 2 nitrogen and oxygen atoms in total. The molecule has 2 rings (SSSR count). The highest BCUT2D eigenvalue weighted by Gasteiger charge is 2.05. The quantitative estimate of drug-likeness (QED) is 0.612. The summed E-state index contributed by atoms with van der Waals surface area (Å²) in [5.41, 5.74) is 7.47. The van der Waals surface area contributed by atoms with Gasteiger partial charge in [-0.15, -0.1) is 22.9 Å². The molecule has 0 aliphatic carbocycles. The van der Waals surface area contributed by atoms with Crippen molar-refractivity contribution in [1.82, 2.24) is 0 Å². The van der Waals surface area contributed by atoms with Crippen molar-refractivity contribution in [3.05, 3.63) is 28.6 Å². The molecule has 0 spiro atoms. The molecule has 14 heavy (non-hydrogen) atoms. The molecule has 0 radical (unpaired) electrons. The third-order valence-corrected chi connectivity index (χ3v) is 3.50. The van der Waals surface area contributed by atoms with E-state index in [0.717, 1.165) is 26.2 Å². The van der Waals surface area contributed by atoms with Crippen LogP contribution in [0.1, 0.15) is 10.4 Å². The molecule has 1 aromatic heterocycles. The minimum Gasteiger partial charge on any atom is -0.398 e. The third kappa shape index (κ3) is 1.59. The van der Waals surface area contributed by atoms with Gasteiger partial charge < -0.3 is 10.8 Å². The molecule has 0 saturated carbocycles. The molecule has 74 valence electrons. The summed E-state index contributed by atoms with van der Waals surface area (Å²) >= 11 is 7.32. The molecular weight excluding hydrogens is 218 g/mol. The lowest BCUT2D eigenvalue weighted by molar-refractivity contribution is 0.285. The second kappa shape index (κ2) is 3.77. The second-order valence-electron chi connectivity index (χ2n) is 3.09. The van der Waals surface area contributed by atoms with E-state index in [1.54, 1.807) is 11.3 Å². The SMILES string of the molecule is Nc1cc2cc(CO)sc2cc1CCl. The van der Waals surface area contributed by atoms with E-state index in [0.29, 0.717) is 5.88 Å².